The number of nitrogens with zero attached hydrogens (tertiary/aromatic N) is 1. The molecular formula is C19H11ClF2N2O2. The van der Waals surface area contributed by atoms with Crippen LogP contribution >= 0.6 is 11.6 Å². The maximum absolute atomic E-state index is 12.7. The second-order valence-corrected chi connectivity index (χ2v) is 5.74. The number of para-hydroxylation sites is 1. The highest BCUT2D eigenvalue weighted by Gasteiger charge is 2.18. The number of carbonyl (C=O) groups is 1. The number of aromatic amines is 1. The third-order valence-electron chi connectivity index (χ3n) is 3.69. The van der Waals surface area contributed by atoms with Crippen LogP contribution in [0.1, 0.15) is 15.9 Å². The van der Waals surface area contributed by atoms with E-state index in [1.54, 1.807) is 24.3 Å². The molecule has 0 aliphatic carbocycles. The molecular weight excluding hydrogens is 362 g/mol. The summed E-state index contributed by atoms with van der Waals surface area (Å²) >= 11 is 5.92. The van der Waals surface area contributed by atoms with Gasteiger partial charge in [-0.25, -0.2) is 0 Å². The molecule has 0 radical (unpaired) electrons. The van der Waals surface area contributed by atoms with Crippen LogP contribution in [0.5, 0.6) is 5.75 Å². The van der Waals surface area contributed by atoms with Gasteiger partial charge in [-0.3, -0.25) is 4.79 Å². The lowest BCUT2D eigenvalue weighted by molar-refractivity contribution is -0.0499. The zero-order valence-electron chi connectivity index (χ0n) is 13.2. The molecule has 130 valence electrons. The van der Waals surface area contributed by atoms with Crippen LogP contribution in [0, 0.1) is 11.3 Å². The summed E-state index contributed by atoms with van der Waals surface area (Å²) in [6.45, 7) is -3.01. The van der Waals surface area contributed by atoms with Crippen molar-refractivity contribution in [2.75, 3.05) is 0 Å². The number of benzene rings is 2. The highest BCUT2D eigenvalue weighted by Crippen LogP contribution is 2.27. The number of nitriles is 1. The summed E-state index contributed by atoms with van der Waals surface area (Å²) in [6.07, 6.45) is 2.71. The molecule has 0 saturated heterocycles. The van der Waals surface area contributed by atoms with Gasteiger partial charge in [-0.2, -0.15) is 14.0 Å². The number of Topliss-reactive ketones (excluding diaryl/α,β-unsaturated/α-hetero) is 1. The second kappa shape index (κ2) is 7.38. The maximum atomic E-state index is 12.7. The fourth-order valence-electron chi connectivity index (χ4n) is 2.54. The fraction of sp³-hybridized carbons (Fsp3) is 0.0526. The number of ketones is 1. The van der Waals surface area contributed by atoms with E-state index in [1.165, 1.54) is 30.5 Å². The van der Waals surface area contributed by atoms with Crippen LogP contribution in [-0.4, -0.2) is 17.4 Å². The Morgan fingerprint density at radius 1 is 1.27 bits per heavy atom. The zero-order valence-corrected chi connectivity index (χ0v) is 13.9. The molecule has 26 heavy (non-hydrogen) atoms. The van der Waals surface area contributed by atoms with Crippen LogP contribution in [-0.2, 0) is 0 Å². The molecule has 1 N–H and O–H groups in total. The van der Waals surface area contributed by atoms with E-state index in [-0.39, 0.29) is 22.4 Å². The van der Waals surface area contributed by atoms with E-state index in [0.29, 0.717) is 15.9 Å². The Morgan fingerprint density at radius 3 is 2.77 bits per heavy atom. The Bertz CT molecular complexity index is 1050. The van der Waals surface area contributed by atoms with Crippen molar-refractivity contribution in [1.82, 2.24) is 4.98 Å². The summed E-state index contributed by atoms with van der Waals surface area (Å²) in [4.78, 5) is 15.7. The lowest BCUT2D eigenvalue weighted by Gasteiger charge is -2.08. The molecule has 1 heterocycles. The van der Waals surface area contributed by atoms with Crippen LogP contribution in [0.15, 0.2) is 54.2 Å². The van der Waals surface area contributed by atoms with Crippen LogP contribution in [0.4, 0.5) is 8.78 Å². The lowest BCUT2D eigenvalue weighted by atomic mass is 10.0. The van der Waals surface area contributed by atoms with Crippen LogP contribution < -0.4 is 4.74 Å². The molecule has 0 aliphatic rings. The Balaban J connectivity index is 2.02. The van der Waals surface area contributed by atoms with Gasteiger partial charge in [0.05, 0.1) is 0 Å². The quantitative estimate of drug-likeness (QED) is 0.379. The molecule has 0 bridgehead atoms. The first-order valence-electron chi connectivity index (χ1n) is 7.46. The Hall–Kier alpha value is -3.17. The number of carbonyl (C=O) groups excluding carboxylic acids is 1. The summed E-state index contributed by atoms with van der Waals surface area (Å²) in [7, 11) is 0. The third-order valence-corrected chi connectivity index (χ3v) is 3.92. The molecule has 3 rings (SSSR count). The van der Waals surface area contributed by atoms with Gasteiger partial charge in [-0.1, -0.05) is 35.9 Å². The van der Waals surface area contributed by atoms with E-state index < -0.39 is 12.4 Å². The number of ether oxygens (including phenoxy) is 1. The van der Waals surface area contributed by atoms with Crippen molar-refractivity contribution in [2.24, 2.45) is 0 Å². The van der Waals surface area contributed by atoms with E-state index in [1.807, 2.05) is 6.07 Å². The fourth-order valence-corrected chi connectivity index (χ4v) is 2.71. The van der Waals surface area contributed by atoms with Crippen LogP contribution in [0.2, 0.25) is 5.02 Å². The normalized spacial score (nSPS) is 11.6. The predicted octanol–water partition coefficient (Wildman–Crippen LogP) is 5.21. The topological polar surface area (TPSA) is 65.9 Å². The van der Waals surface area contributed by atoms with Crippen molar-refractivity contribution in [3.8, 4) is 11.8 Å². The maximum Gasteiger partial charge on any atom is 0.387 e. The molecule has 4 nitrogen and oxygen atoms in total. The average molecular weight is 373 g/mol. The number of halogens is 3. The minimum absolute atomic E-state index is 0.117. The van der Waals surface area contributed by atoms with Gasteiger partial charge in [0.1, 0.15) is 17.4 Å². The standard InChI is InChI=1S/C19H11ClF2N2O2/c20-13-5-6-14-15(10-24-16(14)8-13)18(25)12(9-23)7-11-3-1-2-4-17(11)26-19(21)22/h1-8,10,19,24H/b12-7+. The van der Waals surface area contributed by atoms with Crippen molar-refractivity contribution in [1.29, 1.82) is 5.26 Å². The van der Waals surface area contributed by atoms with E-state index in [2.05, 4.69) is 9.72 Å². The second-order valence-electron chi connectivity index (χ2n) is 5.31. The Labute approximate surface area is 152 Å². The summed E-state index contributed by atoms with van der Waals surface area (Å²) in [6, 6.07) is 12.7. The number of rotatable bonds is 5. The van der Waals surface area contributed by atoms with Crippen LogP contribution in [0.3, 0.4) is 0 Å². The molecule has 1 aromatic heterocycles. The minimum Gasteiger partial charge on any atom is -0.434 e. The Kier molecular flexibility index (Phi) is 5.01. The van der Waals surface area contributed by atoms with Crippen molar-refractivity contribution >= 4 is 34.4 Å². The molecule has 2 aromatic carbocycles. The minimum atomic E-state index is -3.01. The summed E-state index contributed by atoms with van der Waals surface area (Å²) in [5, 5.41) is 10.5. The summed E-state index contributed by atoms with van der Waals surface area (Å²) in [5.74, 6) is -0.651. The number of aromatic nitrogens is 1. The third kappa shape index (κ3) is 3.58. The smallest absolute Gasteiger partial charge is 0.387 e. The number of nitrogens with one attached hydrogen (secondary N) is 1. The summed E-state index contributed by atoms with van der Waals surface area (Å²) in [5.41, 5.74) is 0.947. The van der Waals surface area contributed by atoms with E-state index in [9.17, 15) is 18.8 Å². The largest absolute Gasteiger partial charge is 0.434 e. The van der Waals surface area contributed by atoms with Gasteiger partial charge in [0.2, 0.25) is 5.78 Å². The van der Waals surface area contributed by atoms with Crippen LogP contribution in [0.25, 0.3) is 17.0 Å². The first-order valence-corrected chi connectivity index (χ1v) is 7.84. The number of allylic oxidation sites excluding steroid dienone is 1. The number of H-pyrrole nitrogens is 1. The monoisotopic (exact) mass is 372 g/mol. The predicted molar refractivity (Wildman–Crippen MR) is 94.3 cm³/mol. The van der Waals surface area contributed by atoms with Gasteiger partial charge in [0, 0.05) is 33.2 Å². The molecule has 0 fully saturated rings. The van der Waals surface area contributed by atoms with Crippen molar-refractivity contribution in [2.45, 2.75) is 6.61 Å². The average Bonchev–Trinajstić information content (AvgIpc) is 3.02. The molecule has 7 heteroatoms. The van der Waals surface area contributed by atoms with Crippen molar-refractivity contribution in [3.05, 3.63) is 70.4 Å². The molecule has 0 spiro atoms. The molecule has 0 unspecified atom stereocenters. The number of fused-ring (bicyclic) bond motifs is 1. The molecule has 0 amide bonds. The van der Waals surface area contributed by atoms with Crippen molar-refractivity contribution < 1.29 is 18.3 Å². The van der Waals surface area contributed by atoms with E-state index >= 15 is 0 Å². The highest BCUT2D eigenvalue weighted by atomic mass is 35.5. The van der Waals surface area contributed by atoms with Gasteiger partial charge < -0.3 is 9.72 Å². The van der Waals surface area contributed by atoms with Gasteiger partial charge in [-0.05, 0) is 24.3 Å². The van der Waals surface area contributed by atoms with Crippen molar-refractivity contribution in [3.63, 3.8) is 0 Å². The Morgan fingerprint density at radius 2 is 2.04 bits per heavy atom. The van der Waals surface area contributed by atoms with Gasteiger partial charge >= 0.3 is 6.61 Å². The molecule has 0 atom stereocenters. The van der Waals surface area contributed by atoms with Gasteiger partial charge in [0.25, 0.3) is 0 Å². The summed E-state index contributed by atoms with van der Waals surface area (Å²) < 4.78 is 29.5. The molecule has 0 aliphatic heterocycles. The number of hydrogen-bond acceptors (Lipinski definition) is 3. The number of alkyl halides is 2. The van der Waals surface area contributed by atoms with Gasteiger partial charge in [0.15, 0.2) is 0 Å². The first-order chi connectivity index (χ1) is 12.5. The molecule has 0 saturated carbocycles. The SMILES string of the molecule is N#C/C(=C\c1ccccc1OC(F)F)C(=O)c1c[nH]c2cc(Cl)ccc12. The molecule has 3 aromatic rings. The van der Waals surface area contributed by atoms with E-state index in [4.69, 9.17) is 11.6 Å². The van der Waals surface area contributed by atoms with E-state index in [0.717, 1.165) is 0 Å². The van der Waals surface area contributed by atoms with Gasteiger partial charge in [-0.15, -0.1) is 0 Å². The zero-order chi connectivity index (χ0) is 18.7. The first kappa shape index (κ1) is 17.6. The highest BCUT2D eigenvalue weighted by molar-refractivity contribution is 6.31. The lowest BCUT2D eigenvalue weighted by Crippen LogP contribution is -2.04. The number of hydrogen-bond donors (Lipinski definition) is 1.